The van der Waals surface area contributed by atoms with Crippen molar-refractivity contribution in [2.45, 2.75) is 0 Å². The number of nitrogens with one attached hydrogen (secondary N) is 1. The van der Waals surface area contributed by atoms with Crippen LogP contribution in [0.5, 0.6) is 11.5 Å². The lowest BCUT2D eigenvalue weighted by atomic mass is 10.1. The number of fused-ring (bicyclic) bond motifs is 1. The summed E-state index contributed by atoms with van der Waals surface area (Å²) in [5.74, 6) is 0.983. The maximum Gasteiger partial charge on any atom is 0.231 e. The van der Waals surface area contributed by atoms with Crippen molar-refractivity contribution in [1.29, 1.82) is 5.26 Å². The molecule has 0 bridgehead atoms. The summed E-state index contributed by atoms with van der Waals surface area (Å²) in [6.45, 7) is 0.173. The predicted molar refractivity (Wildman–Crippen MR) is 104 cm³/mol. The first-order valence-electron chi connectivity index (χ1n) is 7.86. The van der Waals surface area contributed by atoms with Crippen LogP contribution in [-0.4, -0.2) is 12.6 Å². The van der Waals surface area contributed by atoms with E-state index in [4.69, 9.17) is 26.8 Å². The standard InChI is InChI=1S/C19H12ClN3O3S/c20-11-3-1-2-10(6-11)17(24)18-16(22)13(8-21)19(27-18)23-12-4-5-14-15(7-12)26-9-25-14/h1-7,23H,9,22H2. The van der Waals surface area contributed by atoms with Crippen molar-refractivity contribution in [2.24, 2.45) is 0 Å². The number of anilines is 3. The summed E-state index contributed by atoms with van der Waals surface area (Å²) in [7, 11) is 0. The smallest absolute Gasteiger partial charge is 0.231 e. The van der Waals surface area contributed by atoms with Gasteiger partial charge in [0.1, 0.15) is 21.5 Å². The van der Waals surface area contributed by atoms with E-state index in [0.29, 0.717) is 32.8 Å². The van der Waals surface area contributed by atoms with Crippen molar-refractivity contribution in [1.82, 2.24) is 0 Å². The Kier molecular flexibility index (Phi) is 4.36. The van der Waals surface area contributed by atoms with E-state index in [9.17, 15) is 10.1 Å². The van der Waals surface area contributed by atoms with E-state index >= 15 is 0 Å². The molecule has 134 valence electrons. The minimum atomic E-state index is -0.282. The Balaban J connectivity index is 1.69. The molecule has 1 aromatic heterocycles. The fourth-order valence-electron chi connectivity index (χ4n) is 2.68. The Hall–Kier alpha value is -3.21. The monoisotopic (exact) mass is 397 g/mol. The van der Waals surface area contributed by atoms with Crippen molar-refractivity contribution in [2.75, 3.05) is 17.8 Å². The number of halogens is 1. The Morgan fingerprint density at radius 1 is 1.22 bits per heavy atom. The van der Waals surface area contributed by atoms with Crippen LogP contribution in [-0.2, 0) is 0 Å². The highest BCUT2D eigenvalue weighted by atomic mass is 35.5. The maximum absolute atomic E-state index is 12.8. The van der Waals surface area contributed by atoms with Crippen molar-refractivity contribution in [3.05, 3.63) is 63.5 Å². The van der Waals surface area contributed by atoms with Gasteiger partial charge in [-0.25, -0.2) is 0 Å². The Morgan fingerprint density at radius 2 is 2.04 bits per heavy atom. The molecule has 3 aromatic rings. The van der Waals surface area contributed by atoms with Gasteiger partial charge in [-0.05, 0) is 24.3 Å². The van der Waals surface area contributed by atoms with E-state index in [1.165, 1.54) is 0 Å². The molecule has 1 aliphatic rings. The number of carbonyl (C=O) groups excluding carboxylic acids is 1. The third-order valence-corrected chi connectivity index (χ3v) is 5.34. The largest absolute Gasteiger partial charge is 0.454 e. The van der Waals surface area contributed by atoms with E-state index < -0.39 is 0 Å². The summed E-state index contributed by atoms with van der Waals surface area (Å²) in [4.78, 5) is 13.1. The lowest BCUT2D eigenvalue weighted by Crippen LogP contribution is -2.02. The molecule has 0 fully saturated rings. The van der Waals surface area contributed by atoms with Gasteiger partial charge in [0.2, 0.25) is 12.6 Å². The second kappa shape index (κ2) is 6.83. The van der Waals surface area contributed by atoms with Crippen LogP contribution in [0.25, 0.3) is 0 Å². The minimum absolute atomic E-state index is 0.149. The zero-order valence-corrected chi connectivity index (χ0v) is 15.4. The Morgan fingerprint density at radius 3 is 2.81 bits per heavy atom. The number of ether oxygens (including phenoxy) is 2. The van der Waals surface area contributed by atoms with Crippen LogP contribution in [0.2, 0.25) is 5.02 Å². The summed E-state index contributed by atoms with van der Waals surface area (Å²) < 4.78 is 10.6. The zero-order chi connectivity index (χ0) is 19.0. The van der Waals surface area contributed by atoms with E-state index in [2.05, 4.69) is 11.4 Å². The van der Waals surface area contributed by atoms with Gasteiger partial charge >= 0.3 is 0 Å². The quantitative estimate of drug-likeness (QED) is 0.626. The van der Waals surface area contributed by atoms with Gasteiger partial charge in [0.15, 0.2) is 11.5 Å². The van der Waals surface area contributed by atoms with Crippen LogP contribution in [0.3, 0.4) is 0 Å². The molecule has 0 amide bonds. The fraction of sp³-hybridized carbons (Fsp3) is 0.0526. The van der Waals surface area contributed by atoms with Crippen molar-refractivity contribution < 1.29 is 14.3 Å². The van der Waals surface area contributed by atoms with Crippen molar-refractivity contribution >= 4 is 45.1 Å². The number of nitrogens with two attached hydrogens (primary N) is 1. The van der Waals surface area contributed by atoms with Gasteiger partial charge in [-0.15, -0.1) is 11.3 Å². The number of hydrogen-bond acceptors (Lipinski definition) is 7. The number of ketones is 1. The van der Waals surface area contributed by atoms with Gasteiger partial charge in [0, 0.05) is 22.3 Å². The third-order valence-electron chi connectivity index (χ3n) is 3.98. The zero-order valence-electron chi connectivity index (χ0n) is 13.8. The van der Waals surface area contributed by atoms with Gasteiger partial charge < -0.3 is 20.5 Å². The first kappa shape index (κ1) is 17.2. The number of carbonyl (C=O) groups is 1. The van der Waals surface area contributed by atoms with Gasteiger partial charge in [-0.3, -0.25) is 4.79 Å². The number of nitrogens with zero attached hydrogens (tertiary/aromatic N) is 1. The molecular formula is C19H12ClN3O3S. The highest BCUT2D eigenvalue weighted by Crippen LogP contribution is 2.40. The molecule has 2 heterocycles. The molecule has 3 N–H and O–H groups in total. The Bertz CT molecular complexity index is 1100. The van der Waals surface area contributed by atoms with Crippen molar-refractivity contribution in [3.8, 4) is 17.6 Å². The molecule has 0 aliphatic carbocycles. The van der Waals surface area contributed by atoms with Gasteiger partial charge in [0.25, 0.3) is 0 Å². The molecule has 0 spiro atoms. The molecule has 0 radical (unpaired) electrons. The van der Waals surface area contributed by atoms with E-state index in [1.54, 1.807) is 42.5 Å². The van der Waals surface area contributed by atoms with Crippen LogP contribution in [0.1, 0.15) is 20.8 Å². The lowest BCUT2D eigenvalue weighted by Gasteiger charge is -2.05. The minimum Gasteiger partial charge on any atom is -0.454 e. The van der Waals surface area contributed by atoms with Gasteiger partial charge in [-0.1, -0.05) is 23.7 Å². The van der Waals surface area contributed by atoms with Gasteiger partial charge in [0.05, 0.1) is 5.69 Å². The second-order valence-corrected chi connectivity index (χ2v) is 7.15. The van der Waals surface area contributed by atoms with Crippen LogP contribution < -0.4 is 20.5 Å². The maximum atomic E-state index is 12.8. The van der Waals surface area contributed by atoms with Crippen LogP contribution in [0, 0.1) is 11.3 Å². The average Bonchev–Trinajstić information content (AvgIpc) is 3.25. The molecule has 2 aromatic carbocycles. The van der Waals surface area contributed by atoms with Crippen LogP contribution in [0.4, 0.5) is 16.4 Å². The third kappa shape index (κ3) is 3.16. The topological polar surface area (TPSA) is 97.4 Å². The number of rotatable bonds is 4. The molecule has 0 unspecified atom stereocenters. The van der Waals surface area contributed by atoms with E-state index in [-0.39, 0.29) is 28.7 Å². The molecule has 0 atom stereocenters. The SMILES string of the molecule is N#Cc1c(Nc2ccc3c(c2)OCO3)sc(C(=O)c2cccc(Cl)c2)c1N. The van der Waals surface area contributed by atoms with Crippen LogP contribution >= 0.6 is 22.9 Å². The number of thiophene rings is 1. The molecule has 27 heavy (non-hydrogen) atoms. The lowest BCUT2D eigenvalue weighted by molar-refractivity contribution is 0.104. The summed E-state index contributed by atoms with van der Waals surface area (Å²) >= 11 is 7.09. The number of benzene rings is 2. The number of nitriles is 1. The molecular weight excluding hydrogens is 386 g/mol. The van der Waals surface area contributed by atoms with Crippen molar-refractivity contribution in [3.63, 3.8) is 0 Å². The number of hydrogen-bond donors (Lipinski definition) is 2. The molecule has 6 nitrogen and oxygen atoms in total. The summed E-state index contributed by atoms with van der Waals surface area (Å²) in [5, 5.41) is 13.6. The van der Waals surface area contributed by atoms with E-state index in [0.717, 1.165) is 11.3 Å². The molecule has 8 heteroatoms. The second-order valence-electron chi connectivity index (χ2n) is 5.69. The molecule has 1 aliphatic heterocycles. The van der Waals surface area contributed by atoms with Crippen LogP contribution in [0.15, 0.2) is 42.5 Å². The van der Waals surface area contributed by atoms with Gasteiger partial charge in [-0.2, -0.15) is 5.26 Å². The molecule has 0 saturated heterocycles. The molecule has 4 rings (SSSR count). The highest BCUT2D eigenvalue weighted by Gasteiger charge is 2.23. The first-order valence-corrected chi connectivity index (χ1v) is 9.05. The number of nitrogen functional groups attached to an aromatic ring is 1. The first-order chi connectivity index (χ1) is 13.1. The Labute approximate surface area is 163 Å². The summed E-state index contributed by atoms with van der Waals surface area (Å²) in [5.41, 5.74) is 7.56. The summed E-state index contributed by atoms with van der Waals surface area (Å²) in [6, 6.07) is 14.0. The average molecular weight is 398 g/mol. The van der Waals surface area contributed by atoms with E-state index in [1.807, 2.05) is 0 Å². The normalized spacial score (nSPS) is 11.9. The molecule has 0 saturated carbocycles. The fourth-order valence-corrected chi connectivity index (χ4v) is 3.92. The predicted octanol–water partition coefficient (Wildman–Crippen LogP) is 4.56. The highest BCUT2D eigenvalue weighted by molar-refractivity contribution is 7.19. The summed E-state index contributed by atoms with van der Waals surface area (Å²) in [6.07, 6.45) is 0.